The molecule has 0 heteroatoms. The highest BCUT2D eigenvalue weighted by molar-refractivity contribution is 4.94. The molecule has 0 N–H and O–H groups in total. The van der Waals surface area contributed by atoms with Gasteiger partial charge in [-0.15, -0.1) is 0 Å². The fraction of sp³-hybridized carbons (Fsp3) is 1.00. The van der Waals surface area contributed by atoms with Gasteiger partial charge in [0.15, 0.2) is 0 Å². The summed E-state index contributed by atoms with van der Waals surface area (Å²) in [5.41, 5.74) is 0.683. The van der Waals surface area contributed by atoms with Gasteiger partial charge in [-0.2, -0.15) is 0 Å². The van der Waals surface area contributed by atoms with Crippen molar-refractivity contribution in [3.8, 4) is 0 Å². The maximum atomic E-state index is 2.49. The summed E-state index contributed by atoms with van der Waals surface area (Å²) in [6.07, 6.45) is 5.67. The van der Waals surface area contributed by atoms with Crippen LogP contribution in [0.3, 0.4) is 0 Å². The van der Waals surface area contributed by atoms with E-state index in [-0.39, 0.29) is 0 Å². The van der Waals surface area contributed by atoms with E-state index in [1.165, 1.54) is 25.7 Å². The molecule has 0 amide bonds. The third-order valence-corrected chi connectivity index (χ3v) is 4.91. The van der Waals surface area contributed by atoms with E-state index in [2.05, 4.69) is 34.6 Å². The van der Waals surface area contributed by atoms with E-state index in [0.717, 1.165) is 17.8 Å². The molecule has 1 saturated carbocycles. The normalized spacial score (nSPS) is 38.1. The summed E-state index contributed by atoms with van der Waals surface area (Å²) < 4.78 is 0. The summed E-state index contributed by atoms with van der Waals surface area (Å²) in [7, 11) is 0. The molecule has 1 rings (SSSR count). The zero-order valence-corrected chi connectivity index (χ0v) is 10.1. The van der Waals surface area contributed by atoms with E-state index in [1.54, 1.807) is 0 Å². The van der Waals surface area contributed by atoms with Crippen LogP contribution in [0.5, 0.6) is 0 Å². The van der Waals surface area contributed by atoms with Gasteiger partial charge in [0.1, 0.15) is 0 Å². The van der Waals surface area contributed by atoms with Crippen molar-refractivity contribution in [3.05, 3.63) is 0 Å². The summed E-state index contributed by atoms with van der Waals surface area (Å²) >= 11 is 0. The monoisotopic (exact) mass is 182 g/mol. The highest BCUT2D eigenvalue weighted by Crippen LogP contribution is 2.54. The van der Waals surface area contributed by atoms with Crippen molar-refractivity contribution >= 4 is 0 Å². The third-order valence-electron chi connectivity index (χ3n) is 4.91. The fourth-order valence-electron chi connectivity index (χ4n) is 2.91. The zero-order valence-electron chi connectivity index (χ0n) is 10.1. The Morgan fingerprint density at radius 3 is 2.23 bits per heavy atom. The average Bonchev–Trinajstić information content (AvgIpc) is 2.13. The van der Waals surface area contributed by atoms with Crippen LogP contribution < -0.4 is 0 Å². The summed E-state index contributed by atoms with van der Waals surface area (Å²) in [4.78, 5) is 0. The predicted octanol–water partition coefficient (Wildman–Crippen LogP) is 4.49. The smallest absolute Gasteiger partial charge is 0.0297 e. The Bertz CT molecular complexity index is 157. The standard InChI is InChI=1S/C13H26/c1-6-10(3)11(4)12-8-9-13(12,5)7-2/h10-12H,6-9H2,1-5H3. The van der Waals surface area contributed by atoms with Crippen LogP contribution >= 0.6 is 0 Å². The van der Waals surface area contributed by atoms with Crippen molar-refractivity contribution in [2.45, 2.75) is 60.3 Å². The molecule has 0 bridgehead atoms. The lowest BCUT2D eigenvalue weighted by atomic mass is 9.54. The van der Waals surface area contributed by atoms with Gasteiger partial charge in [0.25, 0.3) is 0 Å². The lowest BCUT2D eigenvalue weighted by Gasteiger charge is -2.51. The number of hydrogen-bond donors (Lipinski definition) is 0. The van der Waals surface area contributed by atoms with Crippen LogP contribution in [0.25, 0.3) is 0 Å². The molecule has 1 fully saturated rings. The maximum Gasteiger partial charge on any atom is -0.0297 e. The van der Waals surface area contributed by atoms with Crippen molar-refractivity contribution in [2.24, 2.45) is 23.2 Å². The molecule has 0 aromatic rings. The van der Waals surface area contributed by atoms with Crippen LogP contribution in [0.4, 0.5) is 0 Å². The molecule has 78 valence electrons. The molecule has 0 saturated heterocycles. The molecule has 0 spiro atoms. The second-order valence-electron chi connectivity index (χ2n) is 5.40. The lowest BCUT2D eigenvalue weighted by molar-refractivity contribution is -0.0138. The Morgan fingerprint density at radius 1 is 1.31 bits per heavy atom. The minimum Gasteiger partial charge on any atom is -0.0651 e. The first-order valence-corrected chi connectivity index (χ1v) is 6.05. The molecule has 0 radical (unpaired) electrons. The zero-order chi connectivity index (χ0) is 10.1. The summed E-state index contributed by atoms with van der Waals surface area (Å²) in [6, 6.07) is 0. The molecule has 1 aliphatic rings. The van der Waals surface area contributed by atoms with Gasteiger partial charge in [-0.1, -0.05) is 47.5 Å². The van der Waals surface area contributed by atoms with E-state index < -0.39 is 0 Å². The molecule has 13 heavy (non-hydrogen) atoms. The fourth-order valence-corrected chi connectivity index (χ4v) is 2.91. The van der Waals surface area contributed by atoms with Crippen molar-refractivity contribution < 1.29 is 0 Å². The van der Waals surface area contributed by atoms with Gasteiger partial charge in [0.2, 0.25) is 0 Å². The first-order chi connectivity index (χ1) is 6.05. The van der Waals surface area contributed by atoms with Crippen LogP contribution in [-0.2, 0) is 0 Å². The lowest BCUT2D eigenvalue weighted by Crippen LogP contribution is -2.42. The highest BCUT2D eigenvalue weighted by atomic mass is 14.5. The van der Waals surface area contributed by atoms with Crippen LogP contribution in [0.1, 0.15) is 60.3 Å². The number of rotatable bonds is 4. The Balaban J connectivity index is 2.53. The summed E-state index contributed by atoms with van der Waals surface area (Å²) in [5, 5.41) is 0. The van der Waals surface area contributed by atoms with Crippen LogP contribution in [0.2, 0.25) is 0 Å². The molecule has 0 heterocycles. The Morgan fingerprint density at radius 2 is 1.92 bits per heavy atom. The van der Waals surface area contributed by atoms with Gasteiger partial charge in [-0.25, -0.2) is 0 Å². The van der Waals surface area contributed by atoms with Crippen molar-refractivity contribution in [1.82, 2.24) is 0 Å². The SMILES string of the molecule is CCC(C)C(C)C1CCC1(C)CC. The van der Waals surface area contributed by atoms with Gasteiger partial charge in [-0.05, 0) is 36.0 Å². The van der Waals surface area contributed by atoms with Crippen LogP contribution in [0.15, 0.2) is 0 Å². The summed E-state index contributed by atoms with van der Waals surface area (Å²) in [5.74, 6) is 2.85. The molecular weight excluding hydrogens is 156 g/mol. The van der Waals surface area contributed by atoms with Gasteiger partial charge in [-0.3, -0.25) is 0 Å². The quantitative estimate of drug-likeness (QED) is 0.600. The predicted molar refractivity (Wildman–Crippen MR) is 59.7 cm³/mol. The Kier molecular flexibility index (Phi) is 3.43. The molecular formula is C13H26. The molecule has 4 atom stereocenters. The molecule has 4 unspecified atom stereocenters. The van der Waals surface area contributed by atoms with E-state index in [4.69, 9.17) is 0 Å². The first kappa shape index (κ1) is 11.1. The second-order valence-corrected chi connectivity index (χ2v) is 5.40. The minimum absolute atomic E-state index is 0.683. The van der Waals surface area contributed by atoms with Gasteiger partial charge in [0, 0.05) is 0 Å². The van der Waals surface area contributed by atoms with Gasteiger partial charge < -0.3 is 0 Å². The largest absolute Gasteiger partial charge is 0.0651 e. The van der Waals surface area contributed by atoms with Gasteiger partial charge >= 0.3 is 0 Å². The molecule has 0 aliphatic heterocycles. The molecule has 0 aromatic carbocycles. The van der Waals surface area contributed by atoms with E-state index in [1.807, 2.05) is 0 Å². The Hall–Kier alpha value is 0. The Labute approximate surface area is 84.1 Å². The maximum absolute atomic E-state index is 2.49. The number of hydrogen-bond acceptors (Lipinski definition) is 0. The average molecular weight is 182 g/mol. The van der Waals surface area contributed by atoms with Crippen LogP contribution in [0, 0.1) is 23.2 Å². The topological polar surface area (TPSA) is 0 Å². The summed E-state index contributed by atoms with van der Waals surface area (Å²) in [6.45, 7) is 12.0. The second kappa shape index (κ2) is 4.02. The van der Waals surface area contributed by atoms with Crippen molar-refractivity contribution in [1.29, 1.82) is 0 Å². The minimum atomic E-state index is 0.683. The van der Waals surface area contributed by atoms with Crippen molar-refractivity contribution in [3.63, 3.8) is 0 Å². The van der Waals surface area contributed by atoms with E-state index in [0.29, 0.717) is 5.41 Å². The molecule has 0 nitrogen and oxygen atoms in total. The van der Waals surface area contributed by atoms with E-state index >= 15 is 0 Å². The molecule has 1 aliphatic carbocycles. The van der Waals surface area contributed by atoms with Gasteiger partial charge in [0.05, 0.1) is 0 Å². The van der Waals surface area contributed by atoms with Crippen LogP contribution in [-0.4, -0.2) is 0 Å². The highest BCUT2D eigenvalue weighted by Gasteiger charge is 2.44. The van der Waals surface area contributed by atoms with Crippen molar-refractivity contribution in [2.75, 3.05) is 0 Å². The molecule has 0 aromatic heterocycles. The van der Waals surface area contributed by atoms with E-state index in [9.17, 15) is 0 Å². The first-order valence-electron chi connectivity index (χ1n) is 6.05. The third kappa shape index (κ3) is 1.92.